The molecule has 1 N–H and O–H groups in total. The lowest BCUT2D eigenvalue weighted by Gasteiger charge is -2.38. The van der Waals surface area contributed by atoms with E-state index in [1.165, 1.54) is 4.88 Å². The molecule has 2 aliphatic heterocycles. The Kier molecular flexibility index (Phi) is 3.84. The number of carbonyl (C=O) groups excluding carboxylic acids is 1. The number of hydrogen-bond acceptors (Lipinski definition) is 4. The maximum atomic E-state index is 12.5. The van der Waals surface area contributed by atoms with Gasteiger partial charge in [0.1, 0.15) is 6.17 Å². The van der Waals surface area contributed by atoms with Crippen molar-refractivity contribution in [2.75, 3.05) is 19.8 Å². The van der Waals surface area contributed by atoms with Crippen LogP contribution in [0, 0.1) is 5.41 Å². The minimum absolute atomic E-state index is 0.0390. The molecule has 2 fully saturated rings. The summed E-state index contributed by atoms with van der Waals surface area (Å²) in [6.45, 7) is 6.66. The van der Waals surface area contributed by atoms with E-state index in [2.05, 4.69) is 23.7 Å². The SMILES string of the molecule is CC1NC(c2cccs2)N(CC2(C)CCOCC2)C1=O. The maximum Gasteiger partial charge on any atom is 0.241 e. The number of ether oxygens (including phenoxy) is 1. The highest BCUT2D eigenvalue weighted by Crippen LogP contribution is 2.36. The second-order valence-electron chi connectivity index (χ2n) is 6.20. The first-order valence-corrected chi connectivity index (χ1v) is 8.15. The monoisotopic (exact) mass is 294 g/mol. The van der Waals surface area contributed by atoms with Crippen LogP contribution in [0.3, 0.4) is 0 Å². The minimum Gasteiger partial charge on any atom is -0.381 e. The molecule has 4 nitrogen and oxygen atoms in total. The smallest absolute Gasteiger partial charge is 0.241 e. The lowest BCUT2D eigenvalue weighted by molar-refractivity contribution is -0.132. The van der Waals surface area contributed by atoms with Gasteiger partial charge in [-0.25, -0.2) is 0 Å². The molecule has 0 aliphatic carbocycles. The zero-order chi connectivity index (χ0) is 14.2. The number of thiophene rings is 1. The van der Waals surface area contributed by atoms with E-state index in [0.717, 1.165) is 32.6 Å². The van der Waals surface area contributed by atoms with Crippen LogP contribution >= 0.6 is 11.3 Å². The summed E-state index contributed by atoms with van der Waals surface area (Å²) < 4.78 is 5.46. The largest absolute Gasteiger partial charge is 0.381 e. The molecule has 2 unspecified atom stereocenters. The van der Waals surface area contributed by atoms with Gasteiger partial charge in [-0.2, -0.15) is 0 Å². The Bertz CT molecular complexity index is 468. The fraction of sp³-hybridized carbons (Fsp3) is 0.667. The van der Waals surface area contributed by atoms with Crippen LogP contribution in [0.25, 0.3) is 0 Å². The van der Waals surface area contributed by atoms with Crippen molar-refractivity contribution in [3.8, 4) is 0 Å². The van der Waals surface area contributed by atoms with Gasteiger partial charge in [0.15, 0.2) is 0 Å². The van der Waals surface area contributed by atoms with Crippen molar-refractivity contribution in [1.29, 1.82) is 0 Å². The first-order valence-electron chi connectivity index (χ1n) is 7.27. The van der Waals surface area contributed by atoms with E-state index >= 15 is 0 Å². The van der Waals surface area contributed by atoms with Gasteiger partial charge in [-0.15, -0.1) is 11.3 Å². The zero-order valence-corrected chi connectivity index (χ0v) is 12.9. The summed E-state index contributed by atoms with van der Waals surface area (Å²) >= 11 is 1.71. The Balaban J connectivity index is 1.79. The molecule has 2 atom stereocenters. The van der Waals surface area contributed by atoms with Crippen LogP contribution in [0.15, 0.2) is 17.5 Å². The fourth-order valence-corrected chi connectivity index (χ4v) is 3.85. The summed E-state index contributed by atoms with van der Waals surface area (Å²) in [5, 5.41) is 5.49. The predicted octanol–water partition coefficient (Wildman–Crippen LogP) is 2.38. The third kappa shape index (κ3) is 2.62. The summed E-state index contributed by atoms with van der Waals surface area (Å²) in [5.74, 6) is 0.219. The maximum absolute atomic E-state index is 12.5. The van der Waals surface area contributed by atoms with E-state index in [-0.39, 0.29) is 23.5 Å². The van der Waals surface area contributed by atoms with E-state index in [4.69, 9.17) is 4.74 Å². The van der Waals surface area contributed by atoms with Crippen molar-refractivity contribution in [1.82, 2.24) is 10.2 Å². The van der Waals surface area contributed by atoms with Crippen molar-refractivity contribution in [3.63, 3.8) is 0 Å². The van der Waals surface area contributed by atoms with Crippen molar-refractivity contribution in [3.05, 3.63) is 22.4 Å². The van der Waals surface area contributed by atoms with Gasteiger partial charge in [-0.3, -0.25) is 10.1 Å². The fourth-order valence-electron chi connectivity index (χ4n) is 3.06. The topological polar surface area (TPSA) is 41.6 Å². The number of amides is 1. The summed E-state index contributed by atoms with van der Waals surface area (Å²) in [6.07, 6.45) is 2.10. The summed E-state index contributed by atoms with van der Waals surface area (Å²) in [7, 11) is 0. The third-order valence-electron chi connectivity index (χ3n) is 4.44. The van der Waals surface area contributed by atoms with E-state index in [0.29, 0.717) is 0 Å². The van der Waals surface area contributed by atoms with Crippen LogP contribution in [0.1, 0.15) is 37.7 Å². The molecule has 0 saturated carbocycles. The van der Waals surface area contributed by atoms with Gasteiger partial charge in [-0.1, -0.05) is 13.0 Å². The molecule has 3 heterocycles. The molecule has 0 aromatic carbocycles. The molecule has 1 aromatic rings. The molecular formula is C15H22N2O2S. The average Bonchev–Trinajstić information content (AvgIpc) is 3.03. The van der Waals surface area contributed by atoms with E-state index in [9.17, 15) is 4.79 Å². The molecule has 5 heteroatoms. The van der Waals surface area contributed by atoms with E-state index in [1.807, 2.05) is 17.9 Å². The average molecular weight is 294 g/mol. The molecule has 1 amide bonds. The molecule has 1 aromatic heterocycles. The van der Waals surface area contributed by atoms with Crippen LogP contribution in [0.4, 0.5) is 0 Å². The van der Waals surface area contributed by atoms with Gasteiger partial charge < -0.3 is 9.64 Å². The Hall–Kier alpha value is -0.910. The quantitative estimate of drug-likeness (QED) is 0.930. The van der Waals surface area contributed by atoms with Crippen LogP contribution in [0.5, 0.6) is 0 Å². The van der Waals surface area contributed by atoms with Crippen LogP contribution in [-0.2, 0) is 9.53 Å². The lowest BCUT2D eigenvalue weighted by atomic mass is 9.82. The number of carbonyl (C=O) groups is 1. The van der Waals surface area contributed by atoms with Crippen LogP contribution in [-0.4, -0.2) is 36.6 Å². The summed E-state index contributed by atoms with van der Waals surface area (Å²) in [5.41, 5.74) is 0.176. The van der Waals surface area contributed by atoms with Crippen LogP contribution in [0.2, 0.25) is 0 Å². The first kappa shape index (κ1) is 14.0. The second kappa shape index (κ2) is 5.47. The number of nitrogens with zero attached hydrogens (tertiary/aromatic N) is 1. The normalized spacial score (nSPS) is 29.9. The van der Waals surface area contributed by atoms with Gasteiger partial charge in [0.05, 0.1) is 6.04 Å². The highest BCUT2D eigenvalue weighted by atomic mass is 32.1. The number of hydrogen-bond donors (Lipinski definition) is 1. The summed E-state index contributed by atoms with van der Waals surface area (Å²) in [6, 6.07) is 4.06. The Labute approximate surface area is 124 Å². The van der Waals surface area contributed by atoms with Gasteiger partial charge in [0.25, 0.3) is 0 Å². The zero-order valence-electron chi connectivity index (χ0n) is 12.1. The third-order valence-corrected chi connectivity index (χ3v) is 5.36. The van der Waals surface area contributed by atoms with E-state index in [1.54, 1.807) is 11.3 Å². The molecule has 3 rings (SSSR count). The minimum atomic E-state index is -0.0921. The predicted molar refractivity (Wildman–Crippen MR) is 79.5 cm³/mol. The Morgan fingerprint density at radius 1 is 1.50 bits per heavy atom. The number of rotatable bonds is 3. The van der Waals surface area contributed by atoms with Gasteiger partial charge >= 0.3 is 0 Å². The second-order valence-corrected chi connectivity index (χ2v) is 7.17. The summed E-state index contributed by atoms with van der Waals surface area (Å²) in [4.78, 5) is 15.7. The van der Waals surface area contributed by atoms with E-state index < -0.39 is 0 Å². The first-order chi connectivity index (χ1) is 9.59. The van der Waals surface area contributed by atoms with Gasteiger partial charge in [0.2, 0.25) is 5.91 Å². The highest BCUT2D eigenvalue weighted by Gasteiger charge is 2.41. The molecule has 0 bridgehead atoms. The highest BCUT2D eigenvalue weighted by molar-refractivity contribution is 7.10. The Morgan fingerprint density at radius 3 is 2.90 bits per heavy atom. The van der Waals surface area contributed by atoms with Crippen molar-refractivity contribution in [2.45, 2.75) is 38.9 Å². The standard InChI is InChI=1S/C15H22N2O2S/c1-11-14(18)17(10-15(2)5-7-19-8-6-15)13(16-11)12-4-3-9-20-12/h3-4,9,11,13,16H,5-8,10H2,1-2H3. The molecule has 2 aliphatic rings. The van der Waals surface area contributed by atoms with Crippen molar-refractivity contribution < 1.29 is 9.53 Å². The molecule has 20 heavy (non-hydrogen) atoms. The molecular weight excluding hydrogens is 272 g/mol. The molecule has 0 radical (unpaired) electrons. The van der Waals surface area contributed by atoms with Gasteiger partial charge in [-0.05, 0) is 36.6 Å². The molecule has 2 saturated heterocycles. The Morgan fingerprint density at radius 2 is 2.25 bits per heavy atom. The number of nitrogens with one attached hydrogen (secondary N) is 1. The molecule has 110 valence electrons. The lowest BCUT2D eigenvalue weighted by Crippen LogP contribution is -2.42. The van der Waals surface area contributed by atoms with Crippen molar-refractivity contribution >= 4 is 17.2 Å². The van der Waals surface area contributed by atoms with Crippen LogP contribution < -0.4 is 5.32 Å². The van der Waals surface area contributed by atoms with Gasteiger partial charge in [0, 0.05) is 24.6 Å². The molecule has 0 spiro atoms. The van der Waals surface area contributed by atoms with Crippen molar-refractivity contribution in [2.24, 2.45) is 5.41 Å².